The molecule has 1 aromatic heterocycles. The van der Waals surface area contributed by atoms with Crippen molar-refractivity contribution in [2.45, 2.75) is 31.0 Å². The Kier molecular flexibility index (Phi) is 6.17. The van der Waals surface area contributed by atoms with Gasteiger partial charge in [-0.2, -0.15) is 0 Å². The lowest BCUT2D eigenvalue weighted by molar-refractivity contribution is -0.222. The maximum Gasteiger partial charge on any atom is 0.338 e. The number of methoxy groups -OCH3 is 1. The number of carbonyl (C=O) groups is 2. The van der Waals surface area contributed by atoms with Crippen LogP contribution in [0.3, 0.4) is 0 Å². The van der Waals surface area contributed by atoms with Gasteiger partial charge >= 0.3 is 11.9 Å². The molecule has 0 bridgehead atoms. The molecule has 2 saturated heterocycles. The molecule has 6 rings (SSSR count). The summed E-state index contributed by atoms with van der Waals surface area (Å²) >= 11 is 4.74. The minimum Gasteiger partial charge on any atom is -0.481 e. The average molecular weight is 591 g/mol. The third-order valence-electron chi connectivity index (χ3n) is 8.14. The summed E-state index contributed by atoms with van der Waals surface area (Å²) in [4.78, 5) is 36.0. The fourth-order valence-corrected chi connectivity index (χ4v) is 7.54. The number of aliphatic imine (C=N–C) groups is 1. The molecule has 1 aromatic carbocycles. The number of esters is 1. The third kappa shape index (κ3) is 3.76. The number of halogens is 2. The van der Waals surface area contributed by atoms with Crippen molar-refractivity contribution < 1.29 is 28.6 Å². The summed E-state index contributed by atoms with van der Waals surface area (Å²) in [5, 5.41) is 15.2. The van der Waals surface area contributed by atoms with E-state index in [0.29, 0.717) is 47.4 Å². The first-order chi connectivity index (χ1) is 17.8. The Labute approximate surface area is 224 Å². The molecule has 3 fully saturated rings. The van der Waals surface area contributed by atoms with E-state index in [1.54, 1.807) is 18.3 Å². The number of nitrogens with one attached hydrogen (secondary N) is 1. The number of nitrogens with zero attached hydrogens (tertiary/aromatic N) is 3. The first kappa shape index (κ1) is 24.7. The molecule has 4 heterocycles. The molecule has 0 radical (unpaired) electrons. The highest BCUT2D eigenvalue weighted by Crippen LogP contribution is 2.65. The number of ether oxygens (including phenoxy) is 2. The largest absolute Gasteiger partial charge is 0.481 e. The van der Waals surface area contributed by atoms with E-state index >= 15 is 0 Å². The molecule has 2 N–H and O–H groups in total. The first-order valence-electron chi connectivity index (χ1n) is 11.9. The van der Waals surface area contributed by atoms with Crippen molar-refractivity contribution in [1.29, 1.82) is 0 Å². The average Bonchev–Trinajstić information content (AvgIpc) is 3.56. The SMILES string of the molecule is COC(=O)C1=C(CN2C3COCC34C(CC(=O)O)CC24)NC(c2nccs2)=N[C@H]1c1cccc(F)c1Br. The molecule has 37 heavy (non-hydrogen) atoms. The number of aliphatic carboxylic acids is 1. The predicted molar refractivity (Wildman–Crippen MR) is 136 cm³/mol. The molecule has 4 unspecified atom stereocenters. The van der Waals surface area contributed by atoms with Crippen molar-refractivity contribution >= 4 is 45.0 Å². The highest BCUT2D eigenvalue weighted by molar-refractivity contribution is 9.10. The van der Waals surface area contributed by atoms with Gasteiger partial charge in [0.15, 0.2) is 10.8 Å². The van der Waals surface area contributed by atoms with E-state index in [4.69, 9.17) is 14.5 Å². The van der Waals surface area contributed by atoms with Crippen LogP contribution in [0.4, 0.5) is 4.39 Å². The van der Waals surface area contributed by atoms with Crippen LogP contribution in [0.2, 0.25) is 0 Å². The highest BCUT2D eigenvalue weighted by Gasteiger charge is 2.73. The van der Waals surface area contributed by atoms with Crippen molar-refractivity contribution in [3.63, 3.8) is 0 Å². The molecule has 5 atom stereocenters. The van der Waals surface area contributed by atoms with Crippen molar-refractivity contribution in [3.05, 3.63) is 61.9 Å². The number of carboxylic acids is 1. The molecule has 9 nitrogen and oxygen atoms in total. The monoisotopic (exact) mass is 590 g/mol. The fraction of sp³-hybridized carbons (Fsp3) is 0.440. The highest BCUT2D eigenvalue weighted by atomic mass is 79.9. The topological polar surface area (TPSA) is 113 Å². The van der Waals surface area contributed by atoms with Gasteiger partial charge in [0, 0.05) is 47.7 Å². The molecule has 3 aliphatic heterocycles. The molecule has 2 aromatic rings. The number of hydrogen-bond acceptors (Lipinski definition) is 9. The Balaban J connectivity index is 1.39. The summed E-state index contributed by atoms with van der Waals surface area (Å²) in [5.74, 6) is -1.24. The summed E-state index contributed by atoms with van der Waals surface area (Å²) < 4.78 is 25.8. The van der Waals surface area contributed by atoms with Crippen molar-refractivity contribution in [2.24, 2.45) is 16.3 Å². The van der Waals surface area contributed by atoms with Gasteiger partial charge in [0.05, 0.1) is 30.4 Å². The van der Waals surface area contributed by atoms with Crippen LogP contribution in [0, 0.1) is 17.2 Å². The van der Waals surface area contributed by atoms with Crippen LogP contribution in [-0.4, -0.2) is 71.7 Å². The van der Waals surface area contributed by atoms with Crippen molar-refractivity contribution in [1.82, 2.24) is 15.2 Å². The van der Waals surface area contributed by atoms with Crippen LogP contribution in [-0.2, 0) is 19.1 Å². The van der Waals surface area contributed by atoms with Gasteiger partial charge in [-0.25, -0.2) is 14.2 Å². The van der Waals surface area contributed by atoms with Gasteiger partial charge in [-0.15, -0.1) is 11.3 Å². The summed E-state index contributed by atoms with van der Waals surface area (Å²) in [5.41, 5.74) is 1.25. The zero-order valence-electron chi connectivity index (χ0n) is 19.8. The molecule has 12 heteroatoms. The van der Waals surface area contributed by atoms with E-state index in [1.807, 2.05) is 5.38 Å². The van der Waals surface area contributed by atoms with Crippen LogP contribution >= 0.6 is 27.3 Å². The van der Waals surface area contributed by atoms with Gasteiger partial charge in [-0.3, -0.25) is 14.7 Å². The Morgan fingerprint density at radius 1 is 1.41 bits per heavy atom. The van der Waals surface area contributed by atoms with Gasteiger partial charge < -0.3 is 19.9 Å². The molecule has 194 valence electrons. The van der Waals surface area contributed by atoms with Gasteiger partial charge in [0.2, 0.25) is 0 Å². The Bertz CT molecular complexity index is 1330. The molecule has 0 amide bonds. The molecule has 1 spiro atoms. The molecule has 1 aliphatic carbocycles. The predicted octanol–water partition coefficient (Wildman–Crippen LogP) is 3.13. The molecular weight excluding hydrogens is 567 g/mol. The van der Waals surface area contributed by atoms with Crippen LogP contribution in [0.25, 0.3) is 0 Å². The lowest BCUT2D eigenvalue weighted by Gasteiger charge is -2.71. The minimum absolute atomic E-state index is 0.0605. The number of likely N-dealkylation sites (tertiary alicyclic amines) is 1. The maximum atomic E-state index is 14.5. The van der Waals surface area contributed by atoms with Gasteiger partial charge in [-0.1, -0.05) is 12.1 Å². The second-order valence-electron chi connectivity index (χ2n) is 9.73. The van der Waals surface area contributed by atoms with E-state index in [9.17, 15) is 19.1 Å². The number of rotatable bonds is 7. The lowest BCUT2D eigenvalue weighted by atomic mass is 9.46. The summed E-state index contributed by atoms with van der Waals surface area (Å²) in [6, 6.07) is 4.06. The van der Waals surface area contributed by atoms with Crippen molar-refractivity contribution in [2.75, 3.05) is 26.9 Å². The quantitative estimate of drug-likeness (QED) is 0.473. The third-order valence-corrected chi connectivity index (χ3v) is 9.76. The Morgan fingerprint density at radius 3 is 2.97 bits per heavy atom. The van der Waals surface area contributed by atoms with E-state index in [1.165, 1.54) is 24.5 Å². The number of hydrogen-bond donors (Lipinski definition) is 2. The minimum atomic E-state index is -0.820. The van der Waals surface area contributed by atoms with Gasteiger partial charge in [0.25, 0.3) is 0 Å². The van der Waals surface area contributed by atoms with Gasteiger partial charge in [-0.05, 0) is 39.9 Å². The number of amidine groups is 1. The number of aromatic nitrogens is 1. The molecule has 1 saturated carbocycles. The number of benzene rings is 1. The summed E-state index contributed by atoms with van der Waals surface area (Å²) in [6.07, 6.45) is 2.57. The molecular formula is C25H24BrFN4O5S. The zero-order chi connectivity index (χ0) is 25.9. The van der Waals surface area contributed by atoms with Crippen molar-refractivity contribution in [3.8, 4) is 0 Å². The van der Waals surface area contributed by atoms with E-state index in [-0.39, 0.29) is 34.3 Å². The van der Waals surface area contributed by atoms with Crippen LogP contribution in [0.1, 0.15) is 29.5 Å². The number of carbonyl (C=O) groups excluding carboxylic acids is 1. The summed E-state index contributed by atoms with van der Waals surface area (Å²) in [6.45, 7) is 1.45. The van der Waals surface area contributed by atoms with Crippen LogP contribution < -0.4 is 5.32 Å². The van der Waals surface area contributed by atoms with Crippen LogP contribution in [0.5, 0.6) is 0 Å². The van der Waals surface area contributed by atoms with E-state index in [0.717, 1.165) is 6.42 Å². The zero-order valence-corrected chi connectivity index (χ0v) is 22.2. The fourth-order valence-electron chi connectivity index (χ4n) is 6.47. The number of carboxylic acid groups (broad SMARTS) is 1. The normalized spacial score (nSPS) is 30.4. The molecule has 4 aliphatic rings. The number of piperidine rings is 1. The number of thiazole rings is 1. The Hall–Kier alpha value is -2.67. The second kappa shape index (κ2) is 9.26. The lowest BCUT2D eigenvalue weighted by Crippen LogP contribution is -2.80. The van der Waals surface area contributed by atoms with Crippen LogP contribution in [0.15, 0.2) is 50.5 Å². The maximum absolute atomic E-state index is 14.5. The second-order valence-corrected chi connectivity index (χ2v) is 11.4. The summed E-state index contributed by atoms with van der Waals surface area (Å²) in [7, 11) is 1.31. The van der Waals surface area contributed by atoms with Gasteiger partial charge in [0.1, 0.15) is 11.9 Å². The van der Waals surface area contributed by atoms with E-state index in [2.05, 4.69) is 31.1 Å². The standard InChI is InChI=1S/C25H24BrFN4O5S/c1-35-24(34)19-15(9-31-16-7-12(8-18(32)33)25(16)11-36-10-17(25)31)29-22(23-28-5-6-37-23)30-21(19)13-3-2-4-14(27)20(13)26/h2-6,12,16-17,21H,7-11H2,1H3,(H,29,30)(H,32,33)/t12?,16?,17?,21-,25?/m0/s1. The van der Waals surface area contributed by atoms with E-state index < -0.39 is 23.8 Å². The smallest absolute Gasteiger partial charge is 0.338 e. The Morgan fingerprint density at radius 2 is 2.24 bits per heavy atom. The first-order valence-corrected chi connectivity index (χ1v) is 13.6.